The first-order chi connectivity index (χ1) is 15.1. The van der Waals surface area contributed by atoms with Crippen LogP contribution in [-0.2, 0) is 21.3 Å². The van der Waals surface area contributed by atoms with E-state index in [4.69, 9.17) is 15.2 Å². The van der Waals surface area contributed by atoms with Crippen LogP contribution in [0.1, 0.15) is 37.7 Å². The lowest BCUT2D eigenvalue weighted by Crippen LogP contribution is -2.31. The largest absolute Gasteiger partial charge is 0.490 e. The molecule has 2 aromatic rings. The van der Waals surface area contributed by atoms with Crippen molar-refractivity contribution in [1.82, 2.24) is 9.55 Å². The minimum absolute atomic E-state index is 0.0867. The van der Waals surface area contributed by atoms with Crippen LogP contribution in [0.15, 0.2) is 34.0 Å². The molecule has 0 bridgehead atoms. The number of anilines is 1. The Labute approximate surface area is 185 Å². The van der Waals surface area contributed by atoms with Crippen molar-refractivity contribution in [3.63, 3.8) is 0 Å². The Morgan fingerprint density at radius 3 is 2.78 bits per heavy atom. The normalized spacial score (nSPS) is 14.9. The molecule has 0 spiro atoms. The molecule has 1 fully saturated rings. The predicted octanol–water partition coefficient (Wildman–Crippen LogP) is 1.63. The SMILES string of the molecule is C[C@@H](CS(=O)(=O)CCCOCn1cc(N)c(=O)[nH]c1=O)c1ccc(F)c(OCC2CC2)c1. The van der Waals surface area contributed by atoms with E-state index in [1.165, 1.54) is 12.3 Å². The average Bonchev–Trinajstić information content (AvgIpc) is 3.54. The van der Waals surface area contributed by atoms with Crippen LogP contribution < -0.4 is 21.7 Å². The monoisotopic (exact) mass is 469 g/mol. The van der Waals surface area contributed by atoms with Gasteiger partial charge in [-0.3, -0.25) is 14.3 Å². The number of aromatic nitrogens is 2. The van der Waals surface area contributed by atoms with E-state index in [1.807, 2.05) is 0 Å². The van der Waals surface area contributed by atoms with Crippen molar-refractivity contribution in [1.29, 1.82) is 0 Å². The highest BCUT2D eigenvalue weighted by molar-refractivity contribution is 7.91. The van der Waals surface area contributed by atoms with Crippen LogP contribution in [0.3, 0.4) is 0 Å². The maximum absolute atomic E-state index is 14.0. The van der Waals surface area contributed by atoms with Crippen molar-refractivity contribution in [2.24, 2.45) is 5.92 Å². The molecule has 9 nitrogen and oxygen atoms in total. The first-order valence-electron chi connectivity index (χ1n) is 10.4. The van der Waals surface area contributed by atoms with E-state index in [9.17, 15) is 22.4 Å². The Balaban J connectivity index is 1.46. The number of aromatic amines is 1. The third-order valence-corrected chi connectivity index (χ3v) is 7.13. The Kier molecular flexibility index (Phi) is 7.73. The summed E-state index contributed by atoms with van der Waals surface area (Å²) in [5.41, 5.74) is 4.70. The molecule has 1 aromatic heterocycles. The first-order valence-corrected chi connectivity index (χ1v) is 12.3. The molecule has 176 valence electrons. The molecule has 1 aromatic carbocycles. The number of rotatable bonds is 12. The fourth-order valence-corrected chi connectivity index (χ4v) is 4.83. The maximum Gasteiger partial charge on any atom is 0.330 e. The summed E-state index contributed by atoms with van der Waals surface area (Å²) in [7, 11) is -3.38. The molecule has 0 radical (unpaired) electrons. The molecular weight excluding hydrogens is 441 g/mol. The minimum Gasteiger partial charge on any atom is -0.490 e. The summed E-state index contributed by atoms with van der Waals surface area (Å²) >= 11 is 0. The Bertz CT molecular complexity index is 1160. The third-order valence-electron chi connectivity index (χ3n) is 5.21. The van der Waals surface area contributed by atoms with Crippen molar-refractivity contribution >= 4 is 15.5 Å². The van der Waals surface area contributed by atoms with E-state index in [0.717, 1.165) is 17.4 Å². The summed E-state index contributed by atoms with van der Waals surface area (Å²) in [6.07, 6.45) is 3.59. The topological polar surface area (TPSA) is 133 Å². The van der Waals surface area contributed by atoms with E-state index in [0.29, 0.717) is 18.1 Å². The molecule has 0 amide bonds. The number of sulfone groups is 1. The van der Waals surface area contributed by atoms with Gasteiger partial charge in [0.15, 0.2) is 21.4 Å². The van der Waals surface area contributed by atoms with Crippen LogP contribution in [0.2, 0.25) is 0 Å². The quantitative estimate of drug-likeness (QED) is 0.451. The molecular formula is C21H28FN3O6S. The second-order valence-corrected chi connectivity index (χ2v) is 10.4. The fourth-order valence-electron chi connectivity index (χ4n) is 3.16. The standard InChI is InChI=1S/C21H28FN3O6S/c1-14(16-5-6-17(22)19(9-16)31-11-15-3-4-15)12-32(28,29)8-2-7-30-13-25-10-18(23)20(26)24-21(25)27/h5-6,9-10,14-15H,2-4,7-8,11-13,23H2,1H3,(H,24,26,27)/t14-/m0/s1. The molecule has 1 aliphatic rings. The van der Waals surface area contributed by atoms with Gasteiger partial charge in [-0.1, -0.05) is 13.0 Å². The summed E-state index contributed by atoms with van der Waals surface area (Å²) in [6, 6.07) is 4.46. The number of nitrogens with zero attached hydrogens (tertiary/aromatic N) is 1. The van der Waals surface area contributed by atoms with E-state index in [2.05, 4.69) is 4.98 Å². The van der Waals surface area contributed by atoms with E-state index >= 15 is 0 Å². The lowest BCUT2D eigenvalue weighted by molar-refractivity contribution is 0.0746. The zero-order valence-corrected chi connectivity index (χ0v) is 18.7. The molecule has 1 atom stereocenters. The summed E-state index contributed by atoms with van der Waals surface area (Å²) in [5.74, 6) is -0.316. The highest BCUT2D eigenvalue weighted by Gasteiger charge is 2.23. The van der Waals surface area contributed by atoms with Crippen molar-refractivity contribution in [2.45, 2.75) is 38.8 Å². The maximum atomic E-state index is 14.0. The van der Waals surface area contributed by atoms with Gasteiger partial charge >= 0.3 is 5.69 Å². The number of nitrogen functional groups attached to an aromatic ring is 1. The summed E-state index contributed by atoms with van der Waals surface area (Å²) in [4.78, 5) is 24.9. The van der Waals surface area contributed by atoms with Gasteiger partial charge in [-0.25, -0.2) is 17.6 Å². The number of nitrogens with one attached hydrogen (secondary N) is 1. The number of H-pyrrole nitrogens is 1. The van der Waals surface area contributed by atoms with Crippen molar-refractivity contribution in [2.75, 3.05) is 30.5 Å². The lowest BCUT2D eigenvalue weighted by Gasteiger charge is -2.15. The summed E-state index contributed by atoms with van der Waals surface area (Å²) in [5, 5.41) is 0. The molecule has 1 heterocycles. The van der Waals surface area contributed by atoms with Gasteiger partial charge in [0.05, 0.1) is 18.1 Å². The molecule has 1 saturated carbocycles. The number of hydrogen-bond acceptors (Lipinski definition) is 7. The van der Waals surface area contributed by atoms with E-state index < -0.39 is 26.9 Å². The third kappa shape index (κ3) is 6.92. The van der Waals surface area contributed by atoms with Crippen molar-refractivity contribution < 1.29 is 22.3 Å². The van der Waals surface area contributed by atoms with Gasteiger partial charge in [0.1, 0.15) is 12.4 Å². The van der Waals surface area contributed by atoms with Gasteiger partial charge in [0, 0.05) is 12.8 Å². The molecule has 11 heteroatoms. The van der Waals surface area contributed by atoms with Crippen LogP contribution in [0, 0.1) is 11.7 Å². The van der Waals surface area contributed by atoms with Gasteiger partial charge in [0.2, 0.25) is 0 Å². The molecule has 32 heavy (non-hydrogen) atoms. The van der Waals surface area contributed by atoms with Crippen molar-refractivity contribution in [3.8, 4) is 5.75 Å². The Hall–Kier alpha value is -2.66. The van der Waals surface area contributed by atoms with Gasteiger partial charge in [-0.05, 0) is 48.8 Å². The smallest absolute Gasteiger partial charge is 0.330 e. The average molecular weight is 470 g/mol. The molecule has 3 rings (SSSR count). The second kappa shape index (κ2) is 10.3. The Morgan fingerprint density at radius 1 is 1.31 bits per heavy atom. The molecule has 0 saturated heterocycles. The second-order valence-electron chi connectivity index (χ2n) is 8.16. The number of nitrogens with two attached hydrogens (primary N) is 1. The number of benzene rings is 1. The Morgan fingerprint density at radius 2 is 2.06 bits per heavy atom. The van der Waals surface area contributed by atoms with Gasteiger partial charge in [-0.2, -0.15) is 0 Å². The highest BCUT2D eigenvalue weighted by Crippen LogP contribution is 2.31. The number of halogens is 1. The minimum atomic E-state index is -3.38. The number of hydrogen-bond donors (Lipinski definition) is 2. The van der Waals surface area contributed by atoms with Crippen molar-refractivity contribution in [3.05, 3.63) is 56.6 Å². The number of ether oxygens (including phenoxy) is 2. The van der Waals surface area contributed by atoms with E-state index in [1.54, 1.807) is 19.1 Å². The lowest BCUT2D eigenvalue weighted by atomic mass is 10.0. The zero-order valence-electron chi connectivity index (χ0n) is 17.9. The van der Waals surface area contributed by atoms with Crippen LogP contribution in [0.25, 0.3) is 0 Å². The molecule has 0 aliphatic heterocycles. The van der Waals surface area contributed by atoms with Crippen LogP contribution >= 0.6 is 0 Å². The summed E-state index contributed by atoms with van der Waals surface area (Å²) < 4.78 is 50.9. The van der Waals surface area contributed by atoms with Gasteiger partial charge in [0.25, 0.3) is 5.56 Å². The highest BCUT2D eigenvalue weighted by atomic mass is 32.2. The fraction of sp³-hybridized carbons (Fsp3) is 0.524. The van der Waals surface area contributed by atoms with Gasteiger partial charge < -0.3 is 15.2 Å². The molecule has 3 N–H and O–H groups in total. The molecule has 1 aliphatic carbocycles. The summed E-state index contributed by atoms with van der Waals surface area (Å²) in [6.45, 7) is 2.20. The van der Waals surface area contributed by atoms with Crippen LogP contribution in [0.4, 0.5) is 10.1 Å². The molecule has 0 unspecified atom stereocenters. The zero-order chi connectivity index (χ0) is 23.3. The first kappa shape index (κ1) is 24.0. The van der Waals surface area contributed by atoms with Crippen LogP contribution in [0.5, 0.6) is 5.75 Å². The predicted molar refractivity (Wildman–Crippen MR) is 118 cm³/mol. The van der Waals surface area contributed by atoms with Crippen LogP contribution in [-0.4, -0.2) is 42.7 Å². The van der Waals surface area contributed by atoms with Gasteiger partial charge in [-0.15, -0.1) is 0 Å². The van der Waals surface area contributed by atoms with E-state index in [-0.39, 0.29) is 48.6 Å².